The van der Waals surface area contributed by atoms with E-state index in [0.717, 1.165) is 31.1 Å². The third-order valence-electron chi connectivity index (χ3n) is 3.83. The van der Waals surface area contributed by atoms with Crippen LogP contribution in [0.15, 0.2) is 4.52 Å². The van der Waals surface area contributed by atoms with E-state index in [0.29, 0.717) is 12.1 Å². The van der Waals surface area contributed by atoms with Gasteiger partial charge in [0.2, 0.25) is 0 Å². The fourth-order valence-electron chi connectivity index (χ4n) is 2.75. The maximum Gasteiger partial charge on any atom is 0.138 e. The molecule has 1 saturated heterocycles. The first kappa shape index (κ1) is 12.6. The molecule has 0 aliphatic carbocycles. The summed E-state index contributed by atoms with van der Waals surface area (Å²) in [6.45, 7) is 11.8. The van der Waals surface area contributed by atoms with E-state index < -0.39 is 0 Å². The topological polar surface area (TPSA) is 41.3 Å². The molecule has 0 amide bonds. The van der Waals surface area contributed by atoms with Crippen molar-refractivity contribution in [3.05, 3.63) is 17.0 Å². The van der Waals surface area contributed by atoms with Crippen LogP contribution >= 0.6 is 0 Å². The highest BCUT2D eigenvalue weighted by atomic mass is 16.5. The Morgan fingerprint density at radius 2 is 2.29 bits per heavy atom. The molecule has 1 aromatic heterocycles. The van der Waals surface area contributed by atoms with Crippen LogP contribution in [0.1, 0.15) is 43.3 Å². The maximum absolute atomic E-state index is 5.27. The van der Waals surface area contributed by atoms with Crippen LogP contribution in [0.5, 0.6) is 0 Å². The van der Waals surface area contributed by atoms with Crippen molar-refractivity contribution in [2.75, 3.05) is 19.6 Å². The standard InChI is InChI=1S/C13H23N3O/c1-5-12-8-16(7-6-14-12)10(3)13-9(2)15-17-11(13)4/h10,12,14H,5-8H2,1-4H3. The zero-order valence-electron chi connectivity index (χ0n) is 11.3. The fraction of sp³-hybridized carbons (Fsp3) is 0.769. The van der Waals surface area contributed by atoms with Crippen molar-refractivity contribution in [3.63, 3.8) is 0 Å². The lowest BCUT2D eigenvalue weighted by Gasteiger charge is -2.37. The summed E-state index contributed by atoms with van der Waals surface area (Å²) in [5.41, 5.74) is 2.29. The van der Waals surface area contributed by atoms with Crippen LogP contribution in [-0.4, -0.2) is 35.7 Å². The van der Waals surface area contributed by atoms with Crippen LogP contribution in [0, 0.1) is 13.8 Å². The number of aromatic nitrogens is 1. The number of hydrogen-bond donors (Lipinski definition) is 1. The first-order valence-corrected chi connectivity index (χ1v) is 6.53. The number of aryl methyl sites for hydroxylation is 2. The number of nitrogens with one attached hydrogen (secondary N) is 1. The van der Waals surface area contributed by atoms with Gasteiger partial charge in [0, 0.05) is 37.3 Å². The summed E-state index contributed by atoms with van der Waals surface area (Å²) in [6, 6.07) is 1.02. The van der Waals surface area contributed by atoms with Gasteiger partial charge in [0.25, 0.3) is 0 Å². The molecule has 17 heavy (non-hydrogen) atoms. The lowest BCUT2D eigenvalue weighted by atomic mass is 10.0. The maximum atomic E-state index is 5.27. The second kappa shape index (κ2) is 5.19. The molecule has 2 atom stereocenters. The van der Waals surface area contributed by atoms with Crippen molar-refractivity contribution >= 4 is 0 Å². The van der Waals surface area contributed by atoms with E-state index in [1.807, 2.05) is 13.8 Å². The highest BCUT2D eigenvalue weighted by Gasteiger charge is 2.26. The monoisotopic (exact) mass is 237 g/mol. The van der Waals surface area contributed by atoms with Gasteiger partial charge in [-0.25, -0.2) is 0 Å². The minimum atomic E-state index is 0.400. The van der Waals surface area contributed by atoms with Gasteiger partial charge in [0.05, 0.1) is 5.69 Å². The summed E-state index contributed by atoms with van der Waals surface area (Å²) < 4.78 is 5.27. The zero-order chi connectivity index (χ0) is 12.4. The number of piperazine rings is 1. The smallest absolute Gasteiger partial charge is 0.138 e. The van der Waals surface area contributed by atoms with Crippen LogP contribution in [0.4, 0.5) is 0 Å². The van der Waals surface area contributed by atoms with Crippen molar-refractivity contribution in [1.29, 1.82) is 0 Å². The molecule has 96 valence electrons. The van der Waals surface area contributed by atoms with Gasteiger partial charge in [-0.1, -0.05) is 12.1 Å². The molecular weight excluding hydrogens is 214 g/mol. The lowest BCUT2D eigenvalue weighted by Crippen LogP contribution is -2.51. The molecule has 2 heterocycles. The highest BCUT2D eigenvalue weighted by Crippen LogP contribution is 2.27. The Labute approximate surface area is 103 Å². The van der Waals surface area contributed by atoms with Gasteiger partial charge >= 0.3 is 0 Å². The van der Waals surface area contributed by atoms with Gasteiger partial charge in [0.1, 0.15) is 5.76 Å². The number of nitrogens with zero attached hydrogens (tertiary/aromatic N) is 2. The summed E-state index contributed by atoms with van der Waals surface area (Å²) in [5, 5.41) is 7.60. The average Bonchev–Trinajstić information content (AvgIpc) is 2.68. The predicted molar refractivity (Wildman–Crippen MR) is 68.0 cm³/mol. The third kappa shape index (κ3) is 2.53. The van der Waals surface area contributed by atoms with Gasteiger partial charge in [-0.05, 0) is 27.2 Å². The fourth-order valence-corrected chi connectivity index (χ4v) is 2.75. The van der Waals surface area contributed by atoms with Crippen molar-refractivity contribution in [2.24, 2.45) is 0 Å². The molecule has 0 aromatic carbocycles. The van der Waals surface area contributed by atoms with Crippen LogP contribution in [0.2, 0.25) is 0 Å². The Morgan fingerprint density at radius 3 is 2.88 bits per heavy atom. The molecule has 1 aliphatic rings. The SMILES string of the molecule is CCC1CN(C(C)c2c(C)noc2C)CCN1. The number of hydrogen-bond acceptors (Lipinski definition) is 4. The molecule has 1 fully saturated rings. The van der Waals surface area contributed by atoms with Gasteiger partial charge in [-0.2, -0.15) is 0 Å². The Kier molecular flexibility index (Phi) is 3.84. The van der Waals surface area contributed by atoms with E-state index in [1.54, 1.807) is 0 Å². The summed E-state index contributed by atoms with van der Waals surface area (Å²) in [7, 11) is 0. The van der Waals surface area contributed by atoms with Gasteiger partial charge in [0.15, 0.2) is 0 Å². The van der Waals surface area contributed by atoms with E-state index in [-0.39, 0.29) is 0 Å². The van der Waals surface area contributed by atoms with Crippen molar-refractivity contribution in [3.8, 4) is 0 Å². The minimum Gasteiger partial charge on any atom is -0.361 e. The normalized spacial score (nSPS) is 23.9. The summed E-state index contributed by atoms with van der Waals surface area (Å²) in [6.07, 6.45) is 1.19. The molecule has 1 aromatic rings. The van der Waals surface area contributed by atoms with Gasteiger partial charge in [-0.3, -0.25) is 4.90 Å². The molecule has 1 aliphatic heterocycles. The second-order valence-electron chi connectivity index (χ2n) is 4.97. The molecule has 0 bridgehead atoms. The largest absolute Gasteiger partial charge is 0.361 e. The Morgan fingerprint density at radius 1 is 1.53 bits per heavy atom. The predicted octanol–water partition coefficient (Wildman–Crippen LogP) is 2.04. The van der Waals surface area contributed by atoms with E-state index >= 15 is 0 Å². The highest BCUT2D eigenvalue weighted by molar-refractivity contribution is 5.24. The molecule has 0 radical (unpaired) electrons. The third-order valence-corrected chi connectivity index (χ3v) is 3.83. The first-order valence-electron chi connectivity index (χ1n) is 6.53. The van der Waals surface area contributed by atoms with Crippen LogP contribution in [-0.2, 0) is 0 Å². The summed E-state index contributed by atoms with van der Waals surface area (Å²) in [5.74, 6) is 0.960. The van der Waals surface area contributed by atoms with Crippen molar-refractivity contribution in [1.82, 2.24) is 15.4 Å². The molecule has 4 heteroatoms. The number of rotatable bonds is 3. The molecule has 0 saturated carbocycles. The van der Waals surface area contributed by atoms with Crippen LogP contribution in [0.3, 0.4) is 0 Å². The zero-order valence-corrected chi connectivity index (χ0v) is 11.3. The Hall–Kier alpha value is -0.870. The molecule has 2 rings (SSSR count). The molecule has 4 nitrogen and oxygen atoms in total. The lowest BCUT2D eigenvalue weighted by molar-refractivity contribution is 0.150. The van der Waals surface area contributed by atoms with Crippen LogP contribution < -0.4 is 5.32 Å². The van der Waals surface area contributed by atoms with E-state index in [1.165, 1.54) is 12.0 Å². The summed E-state index contributed by atoms with van der Waals surface area (Å²) in [4.78, 5) is 2.52. The van der Waals surface area contributed by atoms with Crippen LogP contribution in [0.25, 0.3) is 0 Å². The average molecular weight is 237 g/mol. The molecule has 1 N–H and O–H groups in total. The van der Waals surface area contributed by atoms with Crippen molar-refractivity contribution in [2.45, 2.75) is 46.2 Å². The summed E-state index contributed by atoms with van der Waals surface area (Å²) >= 11 is 0. The Balaban J connectivity index is 2.11. The van der Waals surface area contributed by atoms with E-state index in [9.17, 15) is 0 Å². The van der Waals surface area contributed by atoms with Gasteiger partial charge in [-0.15, -0.1) is 0 Å². The van der Waals surface area contributed by atoms with Crippen molar-refractivity contribution < 1.29 is 4.52 Å². The molecule has 2 unspecified atom stereocenters. The first-order chi connectivity index (χ1) is 8.13. The Bertz CT molecular complexity index is 355. The van der Waals surface area contributed by atoms with E-state index in [4.69, 9.17) is 4.52 Å². The second-order valence-corrected chi connectivity index (χ2v) is 4.97. The van der Waals surface area contributed by atoms with Gasteiger partial charge < -0.3 is 9.84 Å². The molecular formula is C13H23N3O. The minimum absolute atomic E-state index is 0.400. The molecule has 0 spiro atoms. The van der Waals surface area contributed by atoms with E-state index in [2.05, 4.69) is 29.2 Å². The quantitative estimate of drug-likeness (QED) is 0.873.